The number of piperidine rings is 1. The van der Waals surface area contributed by atoms with Crippen LogP contribution in [0, 0.1) is 18.2 Å². The van der Waals surface area contributed by atoms with Gasteiger partial charge in [-0.3, -0.25) is 5.10 Å². The van der Waals surface area contributed by atoms with Gasteiger partial charge in [0, 0.05) is 30.0 Å². The molecule has 0 radical (unpaired) electrons. The number of aryl methyl sites for hydroxylation is 1. The quantitative estimate of drug-likeness (QED) is 0.657. The van der Waals surface area contributed by atoms with Crippen molar-refractivity contribution < 1.29 is 12.8 Å². The van der Waals surface area contributed by atoms with E-state index in [1.807, 2.05) is 19.1 Å². The summed E-state index contributed by atoms with van der Waals surface area (Å²) in [5.74, 6) is -0.419. The van der Waals surface area contributed by atoms with E-state index in [0.717, 1.165) is 22.4 Å². The van der Waals surface area contributed by atoms with E-state index < -0.39 is 15.4 Å². The van der Waals surface area contributed by atoms with Crippen molar-refractivity contribution in [1.82, 2.24) is 14.5 Å². The summed E-state index contributed by atoms with van der Waals surface area (Å²) in [5, 5.41) is 7.29. The maximum Gasteiger partial charge on any atom is 0.243 e. The minimum atomic E-state index is -3.62. The van der Waals surface area contributed by atoms with Crippen LogP contribution < -0.4 is 0 Å². The first kappa shape index (κ1) is 20.2. The summed E-state index contributed by atoms with van der Waals surface area (Å²) in [6.45, 7) is 4.83. The van der Waals surface area contributed by atoms with E-state index in [4.69, 9.17) is 0 Å². The Kier molecular flexibility index (Phi) is 4.64. The van der Waals surface area contributed by atoms with Crippen LogP contribution in [-0.4, -0.2) is 36.0 Å². The zero-order valence-electron chi connectivity index (χ0n) is 17.5. The molecule has 2 aliphatic rings. The molecule has 0 saturated carbocycles. The average molecular weight is 438 g/mol. The highest BCUT2D eigenvalue weighted by atomic mass is 32.2. The lowest BCUT2D eigenvalue weighted by atomic mass is 9.61. The SMILES string of the molecule is Cc1ccc(S(=O)(=O)N2CCC3=Cc4[nH]ncc4C(c4ccc(F)cc4)[C@]3(C)C2)cc1. The Labute approximate surface area is 181 Å². The number of rotatable bonds is 3. The smallest absolute Gasteiger partial charge is 0.243 e. The first-order chi connectivity index (χ1) is 14.8. The summed E-state index contributed by atoms with van der Waals surface area (Å²) in [7, 11) is -3.62. The third-order valence-electron chi connectivity index (χ3n) is 6.70. The summed E-state index contributed by atoms with van der Waals surface area (Å²) in [4.78, 5) is 0.312. The highest BCUT2D eigenvalue weighted by Crippen LogP contribution is 2.54. The highest BCUT2D eigenvalue weighted by Gasteiger charge is 2.48. The Morgan fingerprint density at radius 3 is 2.55 bits per heavy atom. The van der Waals surface area contributed by atoms with E-state index in [9.17, 15) is 12.8 Å². The maximum absolute atomic E-state index is 13.6. The average Bonchev–Trinajstić information content (AvgIpc) is 3.20. The topological polar surface area (TPSA) is 66.1 Å². The molecule has 5 nitrogen and oxygen atoms in total. The summed E-state index contributed by atoms with van der Waals surface area (Å²) >= 11 is 0. The zero-order chi connectivity index (χ0) is 21.8. The number of H-pyrrole nitrogens is 1. The number of nitrogens with zero attached hydrogens (tertiary/aromatic N) is 2. The zero-order valence-corrected chi connectivity index (χ0v) is 18.3. The lowest BCUT2D eigenvalue weighted by Crippen LogP contribution is -2.49. The Hall–Kier alpha value is -2.77. The van der Waals surface area contributed by atoms with Crippen molar-refractivity contribution in [3.63, 3.8) is 0 Å². The van der Waals surface area contributed by atoms with E-state index in [1.54, 1.807) is 34.8 Å². The number of sulfonamides is 1. The lowest BCUT2D eigenvalue weighted by Gasteiger charge is -2.48. The summed E-state index contributed by atoms with van der Waals surface area (Å²) in [6, 6.07) is 13.5. The van der Waals surface area contributed by atoms with Gasteiger partial charge in [-0.1, -0.05) is 42.3 Å². The molecule has 5 rings (SSSR count). The molecule has 1 aliphatic carbocycles. The third-order valence-corrected chi connectivity index (χ3v) is 8.56. The molecule has 2 aromatic carbocycles. The molecular weight excluding hydrogens is 413 g/mol. The summed E-state index contributed by atoms with van der Waals surface area (Å²) in [5.41, 5.74) is 4.64. The predicted molar refractivity (Wildman–Crippen MR) is 117 cm³/mol. The van der Waals surface area contributed by atoms with E-state index >= 15 is 0 Å². The van der Waals surface area contributed by atoms with Crippen LogP contribution in [0.3, 0.4) is 0 Å². The van der Waals surface area contributed by atoms with Gasteiger partial charge in [-0.2, -0.15) is 9.40 Å². The third kappa shape index (κ3) is 3.23. The molecule has 1 fully saturated rings. The summed E-state index contributed by atoms with van der Waals surface area (Å²) in [6.07, 6.45) is 4.55. The van der Waals surface area contributed by atoms with Gasteiger partial charge < -0.3 is 0 Å². The molecule has 3 aromatic rings. The monoisotopic (exact) mass is 437 g/mol. The molecule has 1 N–H and O–H groups in total. The molecule has 160 valence electrons. The standard InChI is InChI=1S/C24H24FN3O2S/c1-16-3-9-20(10-4-16)31(29,30)28-12-11-18-13-22-21(14-26-27-22)23(24(18,2)15-28)17-5-7-19(25)8-6-17/h3-10,13-14,23H,11-12,15H2,1-2H3,(H,26,27)/t23?,24-/m1/s1. The van der Waals surface area contributed by atoms with Crippen LogP contribution in [-0.2, 0) is 10.0 Å². The largest absolute Gasteiger partial charge is 0.278 e. The van der Waals surface area contributed by atoms with Crippen LogP contribution in [0.1, 0.15) is 41.6 Å². The van der Waals surface area contributed by atoms with Gasteiger partial charge in [-0.05, 0) is 49.2 Å². The van der Waals surface area contributed by atoms with E-state index in [1.165, 1.54) is 17.7 Å². The van der Waals surface area contributed by atoms with Crippen molar-refractivity contribution in [2.24, 2.45) is 5.41 Å². The van der Waals surface area contributed by atoms with Gasteiger partial charge >= 0.3 is 0 Å². The molecule has 2 atom stereocenters. The molecule has 7 heteroatoms. The fourth-order valence-corrected chi connectivity index (χ4v) is 6.57. The highest BCUT2D eigenvalue weighted by molar-refractivity contribution is 7.89. The minimum absolute atomic E-state index is 0.127. The summed E-state index contributed by atoms with van der Waals surface area (Å²) < 4.78 is 42.1. The van der Waals surface area contributed by atoms with E-state index in [0.29, 0.717) is 24.4 Å². The molecule has 2 heterocycles. The number of benzene rings is 2. The molecule has 1 aliphatic heterocycles. The molecule has 1 saturated heterocycles. The van der Waals surface area contributed by atoms with Gasteiger partial charge in [-0.25, -0.2) is 12.8 Å². The van der Waals surface area contributed by atoms with Crippen LogP contribution in [0.2, 0.25) is 0 Å². The van der Waals surface area contributed by atoms with Gasteiger partial charge in [0.25, 0.3) is 0 Å². The number of hydrogen-bond acceptors (Lipinski definition) is 3. The molecule has 31 heavy (non-hydrogen) atoms. The minimum Gasteiger partial charge on any atom is -0.278 e. The number of hydrogen-bond donors (Lipinski definition) is 1. The van der Waals surface area contributed by atoms with Gasteiger partial charge in [0.2, 0.25) is 10.0 Å². The van der Waals surface area contributed by atoms with Crippen LogP contribution in [0.15, 0.2) is 65.2 Å². The fraction of sp³-hybridized carbons (Fsp3) is 0.292. The first-order valence-corrected chi connectivity index (χ1v) is 11.8. The second-order valence-electron chi connectivity index (χ2n) is 8.71. The first-order valence-electron chi connectivity index (χ1n) is 10.4. The van der Waals surface area contributed by atoms with Crippen LogP contribution >= 0.6 is 0 Å². The van der Waals surface area contributed by atoms with Crippen molar-refractivity contribution in [2.75, 3.05) is 13.1 Å². The normalized spacial score (nSPS) is 23.7. The van der Waals surface area contributed by atoms with Crippen LogP contribution in [0.25, 0.3) is 6.08 Å². The molecule has 1 unspecified atom stereocenters. The number of aromatic amines is 1. The second kappa shape index (κ2) is 7.14. The van der Waals surface area contributed by atoms with E-state index in [2.05, 4.69) is 23.2 Å². The van der Waals surface area contributed by atoms with Crippen molar-refractivity contribution in [3.05, 3.63) is 88.5 Å². The van der Waals surface area contributed by atoms with Gasteiger partial charge in [0.1, 0.15) is 5.82 Å². The molecule has 0 amide bonds. The number of aromatic nitrogens is 2. The van der Waals surface area contributed by atoms with Crippen molar-refractivity contribution >= 4 is 16.1 Å². The van der Waals surface area contributed by atoms with Crippen LogP contribution in [0.5, 0.6) is 0 Å². The molecule has 1 aromatic heterocycles. The number of halogens is 1. The Bertz CT molecular complexity index is 1260. The molecule has 0 bridgehead atoms. The molecule has 0 spiro atoms. The van der Waals surface area contributed by atoms with Gasteiger partial charge in [0.05, 0.1) is 16.8 Å². The van der Waals surface area contributed by atoms with Gasteiger partial charge in [-0.15, -0.1) is 0 Å². The van der Waals surface area contributed by atoms with Crippen molar-refractivity contribution in [3.8, 4) is 0 Å². The Morgan fingerprint density at radius 2 is 1.84 bits per heavy atom. The Morgan fingerprint density at radius 1 is 1.13 bits per heavy atom. The van der Waals surface area contributed by atoms with Crippen molar-refractivity contribution in [1.29, 1.82) is 0 Å². The number of nitrogens with one attached hydrogen (secondary N) is 1. The van der Waals surface area contributed by atoms with Gasteiger partial charge in [0.15, 0.2) is 0 Å². The lowest BCUT2D eigenvalue weighted by molar-refractivity contribution is 0.210. The second-order valence-corrected chi connectivity index (χ2v) is 10.7. The number of fused-ring (bicyclic) bond motifs is 2. The fourth-order valence-electron chi connectivity index (χ4n) is 5.03. The van der Waals surface area contributed by atoms with E-state index in [-0.39, 0.29) is 11.7 Å². The predicted octanol–water partition coefficient (Wildman–Crippen LogP) is 4.49. The maximum atomic E-state index is 13.6. The molecular formula is C24H24FN3O2S. The van der Waals surface area contributed by atoms with Crippen molar-refractivity contribution in [2.45, 2.75) is 31.1 Å². The Balaban J connectivity index is 1.58. The van der Waals surface area contributed by atoms with Crippen LogP contribution in [0.4, 0.5) is 4.39 Å².